The third-order valence-electron chi connectivity index (χ3n) is 5.91. The Morgan fingerprint density at radius 2 is 1.79 bits per heavy atom. The largest absolute Gasteiger partial charge is 0.355 e. The molecule has 2 aromatic heterocycles. The number of aryl methyl sites for hydroxylation is 1. The molecule has 1 unspecified atom stereocenters. The molecule has 1 aliphatic heterocycles. The summed E-state index contributed by atoms with van der Waals surface area (Å²) in [5.74, 6) is 1.82. The molecule has 0 aliphatic carbocycles. The third-order valence-corrected chi connectivity index (χ3v) is 5.91. The maximum absolute atomic E-state index is 4.96. The fourth-order valence-corrected chi connectivity index (χ4v) is 3.92. The van der Waals surface area contributed by atoms with Gasteiger partial charge < -0.3 is 4.90 Å². The average molecular weight is 388 g/mol. The molecule has 4 rings (SSSR count). The molecule has 0 radical (unpaired) electrons. The molecule has 5 nitrogen and oxygen atoms in total. The van der Waals surface area contributed by atoms with Crippen LogP contribution in [0.1, 0.15) is 30.2 Å². The summed E-state index contributed by atoms with van der Waals surface area (Å²) in [6.07, 6.45) is 4.74. The molecule has 5 heteroatoms. The standard InChI is InChI=1S/C24H29N5/c1-18-11-13-28(14-15-29(18)17-21-8-5-4-6-9-21)24-19(2)20(3)26-23(27-24)22-10-7-12-25-16-22/h4-10,12,16,18H,11,13-15,17H2,1-3H3. The van der Waals surface area contributed by atoms with Crippen molar-refractivity contribution in [3.63, 3.8) is 0 Å². The van der Waals surface area contributed by atoms with Crippen molar-refractivity contribution in [1.29, 1.82) is 0 Å². The molecule has 1 aliphatic rings. The number of hydrogen-bond donors (Lipinski definition) is 0. The van der Waals surface area contributed by atoms with E-state index in [1.165, 1.54) is 11.1 Å². The molecule has 1 aromatic carbocycles. The number of anilines is 1. The van der Waals surface area contributed by atoms with Gasteiger partial charge >= 0.3 is 0 Å². The van der Waals surface area contributed by atoms with Crippen molar-refractivity contribution in [1.82, 2.24) is 19.9 Å². The van der Waals surface area contributed by atoms with Gasteiger partial charge in [-0.25, -0.2) is 9.97 Å². The number of aromatic nitrogens is 3. The van der Waals surface area contributed by atoms with Crippen molar-refractivity contribution in [3.8, 4) is 11.4 Å². The van der Waals surface area contributed by atoms with Crippen LogP contribution >= 0.6 is 0 Å². The van der Waals surface area contributed by atoms with Gasteiger partial charge in [-0.15, -0.1) is 0 Å². The first kappa shape index (κ1) is 19.5. The molecule has 1 saturated heterocycles. The van der Waals surface area contributed by atoms with Crippen molar-refractivity contribution in [3.05, 3.63) is 71.7 Å². The predicted molar refractivity (Wildman–Crippen MR) is 118 cm³/mol. The van der Waals surface area contributed by atoms with Crippen molar-refractivity contribution < 1.29 is 0 Å². The van der Waals surface area contributed by atoms with Gasteiger partial charge in [-0.3, -0.25) is 9.88 Å². The van der Waals surface area contributed by atoms with E-state index in [9.17, 15) is 0 Å². The van der Waals surface area contributed by atoms with Crippen LogP contribution in [0, 0.1) is 13.8 Å². The first-order valence-electron chi connectivity index (χ1n) is 10.4. The second kappa shape index (κ2) is 8.70. The van der Waals surface area contributed by atoms with Gasteiger partial charge in [-0.2, -0.15) is 0 Å². The molecule has 0 saturated carbocycles. The van der Waals surface area contributed by atoms with Gasteiger partial charge in [-0.05, 0) is 44.9 Å². The van der Waals surface area contributed by atoms with E-state index in [-0.39, 0.29) is 0 Å². The van der Waals surface area contributed by atoms with E-state index in [0.717, 1.165) is 55.5 Å². The second-order valence-electron chi connectivity index (χ2n) is 7.90. The number of nitrogens with zero attached hydrogens (tertiary/aromatic N) is 5. The number of rotatable bonds is 4. The summed E-state index contributed by atoms with van der Waals surface area (Å²) in [5, 5.41) is 0. The Bertz CT molecular complexity index is 942. The molecular formula is C24H29N5. The Balaban J connectivity index is 1.56. The van der Waals surface area contributed by atoms with E-state index in [4.69, 9.17) is 9.97 Å². The van der Waals surface area contributed by atoms with Crippen molar-refractivity contribution >= 4 is 5.82 Å². The Morgan fingerprint density at radius 3 is 2.55 bits per heavy atom. The van der Waals surface area contributed by atoms with Crippen LogP contribution in [0.4, 0.5) is 5.82 Å². The van der Waals surface area contributed by atoms with E-state index in [2.05, 4.69) is 65.9 Å². The van der Waals surface area contributed by atoms with Crippen LogP contribution in [-0.2, 0) is 6.54 Å². The summed E-state index contributed by atoms with van der Waals surface area (Å²) in [6.45, 7) is 10.6. The monoisotopic (exact) mass is 387 g/mol. The van der Waals surface area contributed by atoms with E-state index in [0.29, 0.717) is 6.04 Å². The minimum Gasteiger partial charge on any atom is -0.355 e. The minimum absolute atomic E-state index is 0.543. The number of hydrogen-bond acceptors (Lipinski definition) is 5. The highest BCUT2D eigenvalue weighted by Crippen LogP contribution is 2.26. The van der Waals surface area contributed by atoms with Crippen molar-refractivity contribution in [2.75, 3.05) is 24.5 Å². The first-order valence-corrected chi connectivity index (χ1v) is 10.4. The molecule has 3 heterocycles. The molecule has 0 bridgehead atoms. The van der Waals surface area contributed by atoms with E-state index < -0.39 is 0 Å². The highest BCUT2D eigenvalue weighted by atomic mass is 15.3. The van der Waals surface area contributed by atoms with Crippen molar-refractivity contribution in [2.45, 2.75) is 39.8 Å². The number of benzene rings is 1. The SMILES string of the molecule is Cc1nc(-c2cccnc2)nc(N2CCC(C)N(Cc3ccccc3)CC2)c1C. The fraction of sp³-hybridized carbons (Fsp3) is 0.375. The first-order chi connectivity index (χ1) is 14.1. The third kappa shape index (κ3) is 4.46. The Kier molecular flexibility index (Phi) is 5.86. The zero-order chi connectivity index (χ0) is 20.2. The molecule has 1 atom stereocenters. The van der Waals surface area contributed by atoms with Crippen LogP contribution in [0.2, 0.25) is 0 Å². The van der Waals surface area contributed by atoms with Crippen LogP contribution in [0.25, 0.3) is 11.4 Å². The zero-order valence-corrected chi connectivity index (χ0v) is 17.5. The molecule has 0 amide bonds. The average Bonchev–Trinajstić information content (AvgIpc) is 2.93. The summed E-state index contributed by atoms with van der Waals surface area (Å²) in [4.78, 5) is 18.9. The normalized spacial score (nSPS) is 17.9. The van der Waals surface area contributed by atoms with Gasteiger partial charge in [0.1, 0.15) is 5.82 Å². The van der Waals surface area contributed by atoms with Crippen LogP contribution in [-0.4, -0.2) is 45.5 Å². The lowest BCUT2D eigenvalue weighted by Gasteiger charge is -2.26. The Morgan fingerprint density at radius 1 is 0.966 bits per heavy atom. The predicted octanol–water partition coefficient (Wildman–Crippen LogP) is 4.26. The molecule has 3 aromatic rings. The topological polar surface area (TPSA) is 45.2 Å². The van der Waals surface area contributed by atoms with Gasteiger partial charge in [0.05, 0.1) is 0 Å². The lowest BCUT2D eigenvalue weighted by Crippen LogP contribution is -2.34. The van der Waals surface area contributed by atoms with Crippen LogP contribution in [0.5, 0.6) is 0 Å². The highest BCUT2D eigenvalue weighted by molar-refractivity contribution is 5.59. The van der Waals surface area contributed by atoms with Crippen LogP contribution in [0.15, 0.2) is 54.9 Å². The van der Waals surface area contributed by atoms with Gasteiger partial charge in [0.15, 0.2) is 5.82 Å². The lowest BCUT2D eigenvalue weighted by molar-refractivity contribution is 0.212. The van der Waals surface area contributed by atoms with Crippen LogP contribution in [0.3, 0.4) is 0 Å². The van der Waals surface area contributed by atoms with Gasteiger partial charge in [-0.1, -0.05) is 30.3 Å². The summed E-state index contributed by atoms with van der Waals surface area (Å²) in [7, 11) is 0. The highest BCUT2D eigenvalue weighted by Gasteiger charge is 2.23. The minimum atomic E-state index is 0.543. The summed E-state index contributed by atoms with van der Waals surface area (Å²) < 4.78 is 0. The van der Waals surface area contributed by atoms with Gasteiger partial charge in [0, 0.05) is 61.4 Å². The molecule has 29 heavy (non-hydrogen) atoms. The van der Waals surface area contributed by atoms with Gasteiger partial charge in [0.25, 0.3) is 0 Å². The number of pyridine rings is 1. The molecule has 0 spiro atoms. The quantitative estimate of drug-likeness (QED) is 0.669. The van der Waals surface area contributed by atoms with E-state index in [1.807, 2.05) is 18.3 Å². The summed E-state index contributed by atoms with van der Waals surface area (Å²) in [5.41, 5.74) is 4.54. The van der Waals surface area contributed by atoms with E-state index >= 15 is 0 Å². The Labute approximate surface area is 173 Å². The molecule has 1 fully saturated rings. The van der Waals surface area contributed by atoms with Crippen LogP contribution < -0.4 is 4.90 Å². The second-order valence-corrected chi connectivity index (χ2v) is 7.90. The van der Waals surface area contributed by atoms with Crippen molar-refractivity contribution in [2.24, 2.45) is 0 Å². The Hall–Kier alpha value is -2.79. The summed E-state index contributed by atoms with van der Waals surface area (Å²) >= 11 is 0. The smallest absolute Gasteiger partial charge is 0.163 e. The van der Waals surface area contributed by atoms with Gasteiger partial charge in [0.2, 0.25) is 0 Å². The molecule has 0 N–H and O–H groups in total. The fourth-order valence-electron chi connectivity index (χ4n) is 3.92. The maximum Gasteiger partial charge on any atom is 0.163 e. The molecule has 150 valence electrons. The lowest BCUT2D eigenvalue weighted by atomic mass is 10.1. The maximum atomic E-state index is 4.96. The molecular weight excluding hydrogens is 358 g/mol. The zero-order valence-electron chi connectivity index (χ0n) is 17.5. The summed E-state index contributed by atoms with van der Waals surface area (Å²) in [6, 6.07) is 15.3. The van der Waals surface area contributed by atoms with E-state index in [1.54, 1.807) is 6.20 Å².